The van der Waals surface area contributed by atoms with Crippen LogP contribution in [0.2, 0.25) is 0 Å². The molecular weight excluding hydrogens is 407 g/mol. The average molecular weight is 428 g/mol. The second-order valence-electron chi connectivity index (χ2n) is 6.57. The van der Waals surface area contributed by atoms with Gasteiger partial charge in [0.1, 0.15) is 24.7 Å². The van der Waals surface area contributed by atoms with Crippen molar-refractivity contribution in [3.8, 4) is 5.75 Å². The van der Waals surface area contributed by atoms with Crippen LogP contribution in [0.15, 0.2) is 53.4 Å². The van der Waals surface area contributed by atoms with Crippen molar-refractivity contribution in [3.63, 3.8) is 0 Å². The molecule has 2 aromatic rings. The van der Waals surface area contributed by atoms with Gasteiger partial charge in [0.25, 0.3) is 11.1 Å². The third-order valence-corrected chi connectivity index (χ3v) is 5.18. The van der Waals surface area contributed by atoms with Crippen LogP contribution in [0, 0.1) is 5.82 Å². The summed E-state index contributed by atoms with van der Waals surface area (Å²) in [4.78, 5) is 37.6. The second kappa shape index (κ2) is 10.1. The summed E-state index contributed by atoms with van der Waals surface area (Å²) in [5.74, 6) is -0.627. The molecule has 1 aliphatic heterocycles. The maximum atomic E-state index is 13.6. The van der Waals surface area contributed by atoms with Crippen molar-refractivity contribution >= 4 is 34.9 Å². The normalized spacial score (nSPS) is 15.0. The number of ether oxygens (including phenoxy) is 1. The molecule has 1 aliphatic rings. The van der Waals surface area contributed by atoms with E-state index in [4.69, 9.17) is 4.74 Å². The molecule has 0 aliphatic carbocycles. The predicted molar refractivity (Wildman–Crippen MR) is 113 cm³/mol. The SMILES string of the molecule is CCCNC(=O)CN1C(=O)S/C(=C\c2ccc(OCc3ccccc3F)cc2)C1=O. The minimum Gasteiger partial charge on any atom is -0.489 e. The number of imide groups is 1. The first-order valence-corrected chi connectivity index (χ1v) is 10.3. The van der Waals surface area contributed by atoms with Crippen LogP contribution in [0.3, 0.4) is 0 Å². The summed E-state index contributed by atoms with van der Waals surface area (Å²) in [5.41, 5.74) is 1.16. The lowest BCUT2D eigenvalue weighted by molar-refractivity contribution is -0.129. The van der Waals surface area contributed by atoms with Crippen LogP contribution < -0.4 is 10.1 Å². The number of rotatable bonds is 8. The van der Waals surface area contributed by atoms with Gasteiger partial charge in [-0.25, -0.2) is 4.39 Å². The van der Waals surface area contributed by atoms with E-state index in [9.17, 15) is 18.8 Å². The number of thioether (sulfide) groups is 1. The highest BCUT2D eigenvalue weighted by molar-refractivity contribution is 8.18. The van der Waals surface area contributed by atoms with Crippen molar-refractivity contribution in [1.82, 2.24) is 10.2 Å². The minimum absolute atomic E-state index is 0.102. The van der Waals surface area contributed by atoms with Gasteiger partial charge in [0.05, 0.1) is 4.91 Å². The molecule has 2 aromatic carbocycles. The number of hydrogen-bond acceptors (Lipinski definition) is 5. The van der Waals surface area contributed by atoms with E-state index in [2.05, 4.69) is 5.32 Å². The van der Waals surface area contributed by atoms with Gasteiger partial charge in [-0.15, -0.1) is 0 Å². The topological polar surface area (TPSA) is 75.7 Å². The molecule has 0 unspecified atom stereocenters. The first-order valence-electron chi connectivity index (χ1n) is 9.46. The van der Waals surface area contributed by atoms with Crippen LogP contribution in [-0.2, 0) is 16.2 Å². The van der Waals surface area contributed by atoms with Crippen molar-refractivity contribution in [2.75, 3.05) is 13.1 Å². The molecule has 0 atom stereocenters. The Morgan fingerprint density at radius 3 is 2.60 bits per heavy atom. The number of halogens is 1. The van der Waals surface area contributed by atoms with E-state index in [-0.39, 0.29) is 29.8 Å². The van der Waals surface area contributed by atoms with Gasteiger partial charge >= 0.3 is 0 Å². The first-order chi connectivity index (χ1) is 14.5. The van der Waals surface area contributed by atoms with E-state index in [0.717, 1.165) is 23.1 Å². The lowest BCUT2D eigenvalue weighted by Gasteiger charge is -2.11. The van der Waals surface area contributed by atoms with E-state index in [1.54, 1.807) is 48.5 Å². The molecule has 3 amide bonds. The van der Waals surface area contributed by atoms with Gasteiger partial charge in [-0.2, -0.15) is 0 Å². The lowest BCUT2D eigenvalue weighted by atomic mass is 10.2. The van der Waals surface area contributed by atoms with Crippen LogP contribution >= 0.6 is 11.8 Å². The Bertz CT molecular complexity index is 975. The van der Waals surface area contributed by atoms with E-state index >= 15 is 0 Å². The Labute approximate surface area is 178 Å². The van der Waals surface area contributed by atoms with Crippen molar-refractivity contribution < 1.29 is 23.5 Å². The molecule has 3 rings (SSSR count). The molecule has 30 heavy (non-hydrogen) atoms. The summed E-state index contributed by atoms with van der Waals surface area (Å²) >= 11 is 0.801. The van der Waals surface area contributed by atoms with Gasteiger partial charge in [-0.1, -0.05) is 37.3 Å². The van der Waals surface area contributed by atoms with Gasteiger partial charge in [0.15, 0.2) is 0 Å². The molecular formula is C22H21FN2O4S. The fraction of sp³-hybridized carbons (Fsp3) is 0.227. The quantitative estimate of drug-likeness (QED) is 0.644. The van der Waals surface area contributed by atoms with Gasteiger partial charge < -0.3 is 10.1 Å². The standard InChI is InChI=1S/C22H21FN2O4S/c1-2-11-24-20(26)13-25-21(27)19(30-22(25)28)12-15-7-9-17(10-8-15)29-14-16-5-3-4-6-18(16)23/h3-10,12H,2,11,13-14H2,1H3,(H,24,26)/b19-12-. The Morgan fingerprint density at radius 2 is 1.90 bits per heavy atom. The van der Waals surface area contributed by atoms with Gasteiger partial charge in [-0.05, 0) is 48.0 Å². The minimum atomic E-state index is -0.489. The molecule has 6 nitrogen and oxygen atoms in total. The van der Waals surface area contributed by atoms with Crippen LogP contribution in [0.5, 0.6) is 5.75 Å². The molecule has 8 heteroatoms. The molecule has 0 radical (unpaired) electrons. The lowest BCUT2D eigenvalue weighted by Crippen LogP contribution is -2.39. The van der Waals surface area contributed by atoms with Gasteiger partial charge in [-0.3, -0.25) is 19.3 Å². The summed E-state index contributed by atoms with van der Waals surface area (Å²) in [6.45, 7) is 2.23. The van der Waals surface area contributed by atoms with Crippen LogP contribution in [0.25, 0.3) is 6.08 Å². The summed E-state index contributed by atoms with van der Waals surface area (Å²) in [6.07, 6.45) is 2.36. The van der Waals surface area contributed by atoms with Crippen molar-refractivity contribution in [3.05, 3.63) is 70.4 Å². The van der Waals surface area contributed by atoms with Gasteiger partial charge in [0.2, 0.25) is 5.91 Å². The fourth-order valence-corrected chi connectivity index (χ4v) is 3.53. The average Bonchev–Trinajstić information content (AvgIpc) is 3.00. The molecule has 0 spiro atoms. The number of amides is 3. The highest BCUT2D eigenvalue weighted by Crippen LogP contribution is 2.32. The third kappa shape index (κ3) is 5.48. The number of carbonyl (C=O) groups is 3. The first kappa shape index (κ1) is 21.6. The fourth-order valence-electron chi connectivity index (χ4n) is 2.69. The number of hydrogen-bond donors (Lipinski definition) is 1. The monoisotopic (exact) mass is 428 g/mol. The molecule has 156 valence electrons. The molecule has 1 N–H and O–H groups in total. The predicted octanol–water partition coefficient (Wildman–Crippen LogP) is 3.97. The van der Waals surface area contributed by atoms with Gasteiger partial charge in [0, 0.05) is 12.1 Å². The molecule has 1 heterocycles. The Morgan fingerprint density at radius 1 is 1.17 bits per heavy atom. The van der Waals surface area contributed by atoms with Crippen molar-refractivity contribution in [2.45, 2.75) is 20.0 Å². The number of nitrogens with one attached hydrogen (secondary N) is 1. The Kier molecular flexibility index (Phi) is 7.24. The van der Waals surface area contributed by atoms with Crippen molar-refractivity contribution in [2.24, 2.45) is 0 Å². The highest BCUT2D eigenvalue weighted by atomic mass is 32.2. The Balaban J connectivity index is 1.61. The van der Waals surface area contributed by atoms with E-state index in [1.165, 1.54) is 6.07 Å². The maximum Gasteiger partial charge on any atom is 0.294 e. The molecule has 0 bridgehead atoms. The smallest absolute Gasteiger partial charge is 0.294 e. The zero-order valence-corrected chi connectivity index (χ0v) is 17.2. The third-order valence-electron chi connectivity index (χ3n) is 4.28. The largest absolute Gasteiger partial charge is 0.489 e. The number of nitrogens with zero attached hydrogens (tertiary/aromatic N) is 1. The maximum absolute atomic E-state index is 13.6. The molecule has 1 saturated heterocycles. The zero-order chi connectivity index (χ0) is 21.5. The number of carbonyl (C=O) groups excluding carboxylic acids is 3. The summed E-state index contributed by atoms with van der Waals surface area (Å²) in [7, 11) is 0. The van der Waals surface area contributed by atoms with Crippen LogP contribution in [0.4, 0.5) is 9.18 Å². The zero-order valence-electron chi connectivity index (χ0n) is 16.4. The van der Waals surface area contributed by atoms with Crippen LogP contribution in [0.1, 0.15) is 24.5 Å². The number of benzene rings is 2. The van der Waals surface area contributed by atoms with E-state index in [1.807, 2.05) is 6.92 Å². The highest BCUT2D eigenvalue weighted by Gasteiger charge is 2.36. The summed E-state index contributed by atoms with van der Waals surface area (Å²) in [5, 5.41) is 2.18. The molecule has 1 fully saturated rings. The molecule has 0 saturated carbocycles. The summed E-state index contributed by atoms with van der Waals surface area (Å²) in [6, 6.07) is 13.3. The van der Waals surface area contributed by atoms with Crippen molar-refractivity contribution in [1.29, 1.82) is 0 Å². The Hall–Kier alpha value is -3.13. The van der Waals surface area contributed by atoms with E-state index < -0.39 is 11.1 Å². The van der Waals surface area contributed by atoms with E-state index in [0.29, 0.717) is 23.4 Å². The summed E-state index contributed by atoms with van der Waals surface area (Å²) < 4.78 is 19.2. The van der Waals surface area contributed by atoms with Crippen LogP contribution in [-0.4, -0.2) is 35.0 Å². The second-order valence-corrected chi connectivity index (χ2v) is 7.56. The molecule has 0 aromatic heterocycles.